The van der Waals surface area contributed by atoms with E-state index in [4.69, 9.17) is 0 Å². The number of nitrogens with zero attached hydrogens (tertiary/aromatic N) is 2. The molecule has 0 atom stereocenters. The molecule has 14 heavy (non-hydrogen) atoms. The maximum atomic E-state index is 4.50. The first-order chi connectivity index (χ1) is 6.74. The molecule has 0 unspecified atom stereocenters. The van der Waals surface area contributed by atoms with E-state index in [1.165, 1.54) is 18.0 Å². The zero-order valence-electron chi connectivity index (χ0n) is 8.79. The summed E-state index contributed by atoms with van der Waals surface area (Å²) in [5, 5.41) is 3.58. The van der Waals surface area contributed by atoms with Gasteiger partial charge in [0.15, 0.2) is 5.17 Å². The second kappa shape index (κ2) is 2.78. The Labute approximate surface area is 89.5 Å². The Morgan fingerprint density at radius 2 is 2.29 bits per heavy atom. The lowest BCUT2D eigenvalue weighted by Gasteiger charge is -2.27. The van der Waals surface area contributed by atoms with E-state index in [9.17, 15) is 0 Å². The maximum Gasteiger partial charge on any atom is 0.167 e. The first-order valence-electron chi connectivity index (χ1n) is 5.43. The number of fused-ring (bicyclic) bond motifs is 1. The van der Waals surface area contributed by atoms with Crippen molar-refractivity contribution >= 4 is 16.9 Å². The fraction of sp³-hybridized carbons (Fsp3) is 0.727. The first-order valence-corrected chi connectivity index (χ1v) is 6.31. The van der Waals surface area contributed by atoms with Gasteiger partial charge in [-0.3, -0.25) is 4.99 Å². The van der Waals surface area contributed by atoms with Crippen molar-refractivity contribution in [3.8, 4) is 0 Å². The summed E-state index contributed by atoms with van der Waals surface area (Å²) in [6, 6.07) is 0. The van der Waals surface area contributed by atoms with Crippen molar-refractivity contribution in [3.63, 3.8) is 0 Å². The van der Waals surface area contributed by atoms with Crippen LogP contribution in [-0.2, 0) is 0 Å². The SMILES string of the molecule is CC(C)C1(C2=CSC3=NCCN23)CC1. The highest BCUT2D eigenvalue weighted by molar-refractivity contribution is 8.16. The van der Waals surface area contributed by atoms with Gasteiger partial charge in [0.2, 0.25) is 0 Å². The van der Waals surface area contributed by atoms with Gasteiger partial charge < -0.3 is 4.90 Å². The Kier molecular flexibility index (Phi) is 1.76. The van der Waals surface area contributed by atoms with Crippen molar-refractivity contribution in [2.24, 2.45) is 16.3 Å². The molecule has 0 bridgehead atoms. The Morgan fingerprint density at radius 3 is 2.93 bits per heavy atom. The van der Waals surface area contributed by atoms with Gasteiger partial charge in [0.1, 0.15) is 0 Å². The predicted molar refractivity (Wildman–Crippen MR) is 61.2 cm³/mol. The normalized spacial score (nSPS) is 27.8. The van der Waals surface area contributed by atoms with Gasteiger partial charge >= 0.3 is 0 Å². The number of thioether (sulfide) groups is 1. The van der Waals surface area contributed by atoms with Crippen LogP contribution in [-0.4, -0.2) is 23.2 Å². The van der Waals surface area contributed by atoms with Crippen LogP contribution in [0.15, 0.2) is 16.1 Å². The van der Waals surface area contributed by atoms with E-state index in [2.05, 4.69) is 29.1 Å². The average molecular weight is 208 g/mol. The lowest BCUT2D eigenvalue weighted by atomic mass is 9.89. The van der Waals surface area contributed by atoms with Crippen LogP contribution in [0.3, 0.4) is 0 Å². The zero-order valence-corrected chi connectivity index (χ0v) is 9.60. The highest BCUT2D eigenvalue weighted by atomic mass is 32.2. The van der Waals surface area contributed by atoms with E-state index in [0.717, 1.165) is 19.0 Å². The molecule has 3 aliphatic rings. The Balaban J connectivity index is 1.90. The lowest BCUT2D eigenvalue weighted by molar-refractivity contribution is 0.350. The minimum absolute atomic E-state index is 0.509. The van der Waals surface area contributed by atoms with Crippen molar-refractivity contribution in [3.05, 3.63) is 11.1 Å². The van der Waals surface area contributed by atoms with Gasteiger partial charge in [0.05, 0.1) is 6.54 Å². The molecule has 0 aromatic heterocycles. The Hall–Kier alpha value is -0.440. The molecule has 2 nitrogen and oxygen atoms in total. The predicted octanol–water partition coefficient (Wildman–Crippen LogP) is 2.68. The Bertz CT molecular complexity index is 326. The number of aliphatic imine (C=N–C) groups is 1. The Morgan fingerprint density at radius 1 is 1.50 bits per heavy atom. The summed E-state index contributed by atoms with van der Waals surface area (Å²) in [7, 11) is 0. The van der Waals surface area contributed by atoms with Crippen molar-refractivity contribution in [1.82, 2.24) is 4.90 Å². The molecule has 1 saturated carbocycles. The molecule has 1 fully saturated rings. The van der Waals surface area contributed by atoms with Gasteiger partial charge in [-0.25, -0.2) is 0 Å². The van der Waals surface area contributed by atoms with Gasteiger partial charge in [-0.15, -0.1) is 0 Å². The molecular weight excluding hydrogens is 192 g/mol. The fourth-order valence-electron chi connectivity index (χ4n) is 2.57. The molecule has 0 aromatic rings. The van der Waals surface area contributed by atoms with Crippen molar-refractivity contribution in [2.45, 2.75) is 26.7 Å². The topological polar surface area (TPSA) is 15.6 Å². The van der Waals surface area contributed by atoms with Crippen LogP contribution in [0.25, 0.3) is 0 Å². The van der Waals surface area contributed by atoms with Gasteiger partial charge in [-0.2, -0.15) is 0 Å². The van der Waals surface area contributed by atoms with E-state index in [1.54, 1.807) is 5.70 Å². The molecule has 0 N–H and O–H groups in total. The van der Waals surface area contributed by atoms with Crippen molar-refractivity contribution in [1.29, 1.82) is 0 Å². The van der Waals surface area contributed by atoms with Gasteiger partial charge in [-0.1, -0.05) is 25.6 Å². The molecule has 2 aliphatic heterocycles. The van der Waals surface area contributed by atoms with E-state index in [0.29, 0.717) is 5.41 Å². The van der Waals surface area contributed by atoms with Crippen LogP contribution in [0.1, 0.15) is 26.7 Å². The lowest BCUT2D eigenvalue weighted by Crippen LogP contribution is -2.28. The summed E-state index contributed by atoms with van der Waals surface area (Å²) in [5.41, 5.74) is 2.07. The quantitative estimate of drug-likeness (QED) is 0.693. The summed E-state index contributed by atoms with van der Waals surface area (Å²) < 4.78 is 0. The molecule has 3 rings (SSSR count). The van der Waals surface area contributed by atoms with Gasteiger partial charge in [-0.05, 0) is 24.2 Å². The van der Waals surface area contributed by atoms with E-state index in [1.807, 2.05) is 11.8 Å². The monoisotopic (exact) mass is 208 g/mol. The van der Waals surface area contributed by atoms with E-state index < -0.39 is 0 Å². The van der Waals surface area contributed by atoms with Crippen LogP contribution >= 0.6 is 11.8 Å². The summed E-state index contributed by atoms with van der Waals surface area (Å²) >= 11 is 1.82. The molecular formula is C11H16N2S. The minimum atomic E-state index is 0.509. The first kappa shape index (κ1) is 8.84. The van der Waals surface area contributed by atoms with Gasteiger partial charge in [0.25, 0.3) is 0 Å². The molecule has 1 aliphatic carbocycles. The third-order valence-electron chi connectivity index (χ3n) is 3.77. The van der Waals surface area contributed by atoms with Crippen LogP contribution in [0.5, 0.6) is 0 Å². The minimum Gasteiger partial charge on any atom is -0.322 e. The standard InChI is InChI=1S/C11H16N2S/c1-8(2)11(3-4-11)9-7-14-10-12-5-6-13(9)10/h7-8H,3-6H2,1-2H3. The molecule has 0 radical (unpaired) electrons. The summed E-state index contributed by atoms with van der Waals surface area (Å²) in [4.78, 5) is 6.94. The number of rotatable bonds is 2. The second-order valence-corrected chi connectivity index (χ2v) is 5.58. The van der Waals surface area contributed by atoms with E-state index in [-0.39, 0.29) is 0 Å². The van der Waals surface area contributed by atoms with Crippen LogP contribution in [0, 0.1) is 11.3 Å². The molecule has 0 spiro atoms. The molecule has 3 heteroatoms. The number of amidine groups is 1. The van der Waals surface area contributed by atoms with Crippen LogP contribution in [0.4, 0.5) is 0 Å². The third kappa shape index (κ3) is 1.02. The molecule has 0 saturated heterocycles. The summed E-state index contributed by atoms with van der Waals surface area (Å²) in [5.74, 6) is 0.772. The third-order valence-corrected chi connectivity index (χ3v) is 4.67. The highest BCUT2D eigenvalue weighted by Crippen LogP contribution is 2.60. The molecule has 76 valence electrons. The maximum absolute atomic E-state index is 4.50. The fourth-order valence-corrected chi connectivity index (χ4v) is 3.63. The second-order valence-electron chi connectivity index (χ2n) is 4.75. The molecule has 2 heterocycles. The zero-order chi connectivity index (χ0) is 9.76. The van der Waals surface area contributed by atoms with Crippen LogP contribution < -0.4 is 0 Å². The smallest absolute Gasteiger partial charge is 0.167 e. The highest BCUT2D eigenvalue weighted by Gasteiger charge is 2.52. The largest absolute Gasteiger partial charge is 0.322 e. The van der Waals surface area contributed by atoms with Gasteiger partial charge in [0, 0.05) is 17.7 Å². The molecule has 0 amide bonds. The summed E-state index contributed by atoms with van der Waals surface area (Å²) in [6.07, 6.45) is 2.75. The number of hydrogen-bond acceptors (Lipinski definition) is 3. The number of hydrogen-bond donors (Lipinski definition) is 0. The number of allylic oxidation sites excluding steroid dienone is 1. The van der Waals surface area contributed by atoms with E-state index >= 15 is 0 Å². The van der Waals surface area contributed by atoms with Crippen molar-refractivity contribution in [2.75, 3.05) is 13.1 Å². The molecule has 0 aromatic carbocycles. The van der Waals surface area contributed by atoms with Crippen LogP contribution in [0.2, 0.25) is 0 Å². The summed E-state index contributed by atoms with van der Waals surface area (Å²) in [6.45, 7) is 6.81. The average Bonchev–Trinajstić information content (AvgIpc) is 2.67. The van der Waals surface area contributed by atoms with Crippen molar-refractivity contribution < 1.29 is 0 Å².